The lowest BCUT2D eigenvalue weighted by Crippen LogP contribution is -2.07. The summed E-state index contributed by atoms with van der Waals surface area (Å²) in [7, 11) is 1.42. The Morgan fingerprint density at radius 1 is 2.00 bits per heavy atom. The number of rotatable bonds is 2. The summed E-state index contributed by atoms with van der Waals surface area (Å²) in [6.45, 7) is 3.27. The summed E-state index contributed by atoms with van der Waals surface area (Å²) >= 11 is 0. The third kappa shape index (κ3) is 2.80. The summed E-state index contributed by atoms with van der Waals surface area (Å²) in [5, 5.41) is 7.97. The lowest BCUT2D eigenvalue weighted by Gasteiger charge is -1.93. The maximum Gasteiger partial charge on any atom is 0.130 e. The fourth-order valence-electron chi connectivity index (χ4n) is 0.146. The summed E-state index contributed by atoms with van der Waals surface area (Å²) in [5.41, 5.74) is 2.45. The first-order valence-electron chi connectivity index (χ1n) is 1.69. The van der Waals surface area contributed by atoms with Crippen LogP contribution in [0.15, 0.2) is 12.3 Å². The van der Waals surface area contributed by atoms with Gasteiger partial charge < -0.3 is 0 Å². The number of hydrogen-bond donors (Lipinski definition) is 1. The number of nitriles is 1. The maximum absolute atomic E-state index is 7.97. The first kappa shape index (κ1) is 5.99. The van der Waals surface area contributed by atoms with E-state index in [0.29, 0.717) is 0 Å². The van der Waals surface area contributed by atoms with E-state index in [9.17, 15) is 0 Å². The number of hydrogen-bond acceptors (Lipinski definition) is 3. The summed E-state index contributed by atoms with van der Waals surface area (Å²) < 4.78 is 0. The zero-order valence-corrected chi connectivity index (χ0v) is 4.06. The van der Waals surface area contributed by atoms with E-state index in [-0.39, 0.29) is 5.70 Å². The Bertz CT molecular complexity index is 103. The molecule has 0 spiro atoms. The Morgan fingerprint density at radius 3 is 2.71 bits per heavy atom. The van der Waals surface area contributed by atoms with Crippen molar-refractivity contribution < 1.29 is 4.84 Å². The van der Waals surface area contributed by atoms with Crippen molar-refractivity contribution in [3.63, 3.8) is 0 Å². The van der Waals surface area contributed by atoms with Crippen LogP contribution in [0.4, 0.5) is 0 Å². The zero-order chi connectivity index (χ0) is 5.70. The molecule has 1 N–H and O–H groups in total. The van der Waals surface area contributed by atoms with Crippen LogP contribution in [0.5, 0.6) is 0 Å². The minimum Gasteiger partial charge on any atom is -0.279 e. The molecule has 0 atom stereocenters. The van der Waals surface area contributed by atoms with Crippen molar-refractivity contribution in [1.29, 1.82) is 5.26 Å². The highest BCUT2D eigenvalue weighted by Gasteiger charge is 1.79. The van der Waals surface area contributed by atoms with Gasteiger partial charge in [-0.3, -0.25) is 10.3 Å². The molecule has 0 aromatic heterocycles. The molecular weight excluding hydrogens is 92.1 g/mol. The van der Waals surface area contributed by atoms with E-state index in [2.05, 4.69) is 16.9 Å². The Morgan fingerprint density at radius 2 is 2.57 bits per heavy atom. The molecule has 0 aromatic rings. The minimum atomic E-state index is 0.211. The topological polar surface area (TPSA) is 45.0 Å². The van der Waals surface area contributed by atoms with Crippen molar-refractivity contribution in [1.82, 2.24) is 5.48 Å². The third-order valence-corrected chi connectivity index (χ3v) is 0.360. The van der Waals surface area contributed by atoms with Crippen LogP contribution in [0.1, 0.15) is 0 Å². The first-order valence-corrected chi connectivity index (χ1v) is 1.69. The molecular formula is C4H6N2O. The van der Waals surface area contributed by atoms with Gasteiger partial charge in [-0.25, -0.2) is 0 Å². The second-order valence-electron chi connectivity index (χ2n) is 0.897. The third-order valence-electron chi connectivity index (χ3n) is 0.360. The summed E-state index contributed by atoms with van der Waals surface area (Å²) in [4.78, 5) is 4.32. The van der Waals surface area contributed by atoms with Gasteiger partial charge in [0.05, 0.1) is 7.11 Å². The van der Waals surface area contributed by atoms with Gasteiger partial charge >= 0.3 is 0 Å². The number of hydroxylamine groups is 1. The van der Waals surface area contributed by atoms with Crippen molar-refractivity contribution in [2.75, 3.05) is 7.11 Å². The Labute approximate surface area is 42.2 Å². The van der Waals surface area contributed by atoms with Crippen LogP contribution in [0.2, 0.25) is 0 Å². The molecule has 0 aliphatic rings. The zero-order valence-electron chi connectivity index (χ0n) is 4.06. The lowest BCUT2D eigenvalue weighted by atomic mass is 10.6. The van der Waals surface area contributed by atoms with Crippen molar-refractivity contribution >= 4 is 0 Å². The van der Waals surface area contributed by atoms with E-state index in [4.69, 9.17) is 5.26 Å². The molecule has 0 saturated heterocycles. The quantitative estimate of drug-likeness (QED) is 0.395. The van der Waals surface area contributed by atoms with Crippen LogP contribution in [0.25, 0.3) is 0 Å². The fourth-order valence-corrected chi connectivity index (χ4v) is 0.146. The highest BCUT2D eigenvalue weighted by molar-refractivity contribution is 5.10. The number of allylic oxidation sites excluding steroid dienone is 1. The monoisotopic (exact) mass is 98.0 g/mol. The molecule has 38 valence electrons. The van der Waals surface area contributed by atoms with E-state index in [0.717, 1.165) is 0 Å². The first-order chi connectivity index (χ1) is 3.31. The van der Waals surface area contributed by atoms with Crippen LogP contribution >= 0.6 is 0 Å². The van der Waals surface area contributed by atoms with Gasteiger partial charge in [-0.2, -0.15) is 5.26 Å². The summed E-state index contributed by atoms with van der Waals surface area (Å²) in [5.74, 6) is 0. The van der Waals surface area contributed by atoms with Crippen molar-refractivity contribution in [3.8, 4) is 6.07 Å². The molecule has 0 fully saturated rings. The van der Waals surface area contributed by atoms with Gasteiger partial charge in [-0.05, 0) is 0 Å². The second-order valence-corrected chi connectivity index (χ2v) is 0.897. The standard InChI is InChI=1S/C4H6N2O/c1-4(3-5)6-7-2/h6H,1H2,2H3. The lowest BCUT2D eigenvalue weighted by molar-refractivity contribution is 0.122. The highest BCUT2D eigenvalue weighted by atomic mass is 16.6. The molecule has 3 heteroatoms. The second kappa shape index (κ2) is 3.19. The fraction of sp³-hybridized carbons (Fsp3) is 0.250. The average molecular weight is 98.1 g/mol. The van der Waals surface area contributed by atoms with Gasteiger partial charge in [0.1, 0.15) is 11.8 Å². The van der Waals surface area contributed by atoms with Gasteiger partial charge in [0.2, 0.25) is 0 Å². The van der Waals surface area contributed by atoms with Gasteiger partial charge in [0.15, 0.2) is 0 Å². The summed E-state index contributed by atoms with van der Waals surface area (Å²) in [6, 6.07) is 1.74. The van der Waals surface area contributed by atoms with Crippen LogP contribution in [0.3, 0.4) is 0 Å². The van der Waals surface area contributed by atoms with E-state index in [1.807, 2.05) is 0 Å². The SMILES string of the molecule is C=C(C#N)NOC. The minimum absolute atomic E-state index is 0.211. The largest absolute Gasteiger partial charge is 0.279 e. The van der Waals surface area contributed by atoms with Crippen molar-refractivity contribution in [2.45, 2.75) is 0 Å². The van der Waals surface area contributed by atoms with E-state index in [1.54, 1.807) is 6.07 Å². The normalized spacial score (nSPS) is 6.86. The average Bonchev–Trinajstić information content (AvgIpc) is 1.68. The van der Waals surface area contributed by atoms with Crippen molar-refractivity contribution in [3.05, 3.63) is 12.3 Å². The van der Waals surface area contributed by atoms with Crippen LogP contribution in [-0.2, 0) is 4.84 Å². The van der Waals surface area contributed by atoms with Crippen LogP contribution in [-0.4, -0.2) is 7.11 Å². The van der Waals surface area contributed by atoms with Crippen LogP contribution in [0, 0.1) is 11.3 Å². The highest BCUT2D eigenvalue weighted by Crippen LogP contribution is 1.73. The van der Waals surface area contributed by atoms with E-state index < -0.39 is 0 Å². The number of nitrogens with one attached hydrogen (secondary N) is 1. The number of nitrogens with zero attached hydrogens (tertiary/aromatic N) is 1. The molecule has 0 saturated carbocycles. The molecule has 0 bridgehead atoms. The smallest absolute Gasteiger partial charge is 0.130 e. The molecule has 0 aromatic carbocycles. The van der Waals surface area contributed by atoms with Crippen molar-refractivity contribution in [2.24, 2.45) is 0 Å². The van der Waals surface area contributed by atoms with Gasteiger partial charge in [0.25, 0.3) is 0 Å². The van der Waals surface area contributed by atoms with E-state index in [1.165, 1.54) is 7.11 Å². The molecule has 0 amide bonds. The molecule has 0 heterocycles. The molecule has 0 aliphatic heterocycles. The van der Waals surface area contributed by atoms with Gasteiger partial charge in [-0.1, -0.05) is 6.58 Å². The van der Waals surface area contributed by atoms with Gasteiger partial charge in [0, 0.05) is 0 Å². The van der Waals surface area contributed by atoms with Gasteiger partial charge in [-0.15, -0.1) is 0 Å². The van der Waals surface area contributed by atoms with E-state index >= 15 is 0 Å². The molecule has 0 rings (SSSR count). The molecule has 0 aliphatic carbocycles. The molecule has 3 nitrogen and oxygen atoms in total. The molecule has 0 radical (unpaired) electrons. The molecule has 0 unspecified atom stereocenters. The Hall–Kier alpha value is -1.01. The maximum atomic E-state index is 7.97. The Balaban J connectivity index is 3.24. The van der Waals surface area contributed by atoms with Crippen LogP contribution < -0.4 is 5.48 Å². The molecule has 7 heavy (non-hydrogen) atoms. The summed E-state index contributed by atoms with van der Waals surface area (Å²) in [6.07, 6.45) is 0. The predicted octanol–water partition coefficient (Wildman–Crippen LogP) is 0.175. The predicted molar refractivity (Wildman–Crippen MR) is 24.9 cm³/mol. The Kier molecular flexibility index (Phi) is 2.73.